The number of aromatic nitrogens is 3. The van der Waals surface area contributed by atoms with Crippen LogP contribution in [0.4, 0.5) is 23.0 Å². The topological polar surface area (TPSA) is 109 Å². The molecule has 0 aliphatic heterocycles. The molecule has 0 aliphatic rings. The molecule has 8 nitrogen and oxygen atoms in total. The van der Waals surface area contributed by atoms with Gasteiger partial charge in [-0.05, 0) is 55.3 Å². The van der Waals surface area contributed by atoms with Gasteiger partial charge >= 0.3 is 0 Å². The third-order valence-corrected chi connectivity index (χ3v) is 6.51. The predicted molar refractivity (Wildman–Crippen MR) is 143 cm³/mol. The van der Waals surface area contributed by atoms with Crippen molar-refractivity contribution in [3.63, 3.8) is 0 Å². The highest BCUT2D eigenvalue weighted by molar-refractivity contribution is 7.18. The van der Waals surface area contributed by atoms with Gasteiger partial charge in [0.05, 0.1) is 15.8 Å². The molecule has 36 heavy (non-hydrogen) atoms. The lowest BCUT2D eigenvalue weighted by atomic mass is 10.1. The first kappa shape index (κ1) is 23.1. The predicted octanol–water partition coefficient (Wildman–Crippen LogP) is 5.95. The van der Waals surface area contributed by atoms with Crippen LogP contribution in [-0.2, 0) is 0 Å². The van der Waals surface area contributed by atoms with Gasteiger partial charge in [-0.2, -0.15) is 0 Å². The first-order valence-electron chi connectivity index (χ1n) is 11.2. The van der Waals surface area contributed by atoms with Crippen LogP contribution in [0.25, 0.3) is 10.2 Å². The average molecular weight is 495 g/mol. The third kappa shape index (κ3) is 4.91. The van der Waals surface area contributed by atoms with Gasteiger partial charge in [0.15, 0.2) is 5.82 Å². The Morgan fingerprint density at radius 2 is 1.69 bits per heavy atom. The highest BCUT2D eigenvalue weighted by Gasteiger charge is 2.18. The van der Waals surface area contributed by atoms with Crippen LogP contribution in [0.2, 0.25) is 0 Å². The third-order valence-electron chi connectivity index (χ3n) is 5.54. The Morgan fingerprint density at radius 3 is 2.47 bits per heavy atom. The minimum absolute atomic E-state index is 0.222. The van der Waals surface area contributed by atoms with Gasteiger partial charge in [-0.3, -0.25) is 9.59 Å². The van der Waals surface area contributed by atoms with Gasteiger partial charge < -0.3 is 16.0 Å². The summed E-state index contributed by atoms with van der Waals surface area (Å²) in [5, 5.41) is 10.8. The second-order valence-electron chi connectivity index (χ2n) is 8.20. The van der Waals surface area contributed by atoms with Crippen molar-refractivity contribution in [1.29, 1.82) is 0 Å². The molecule has 0 spiro atoms. The van der Waals surface area contributed by atoms with Gasteiger partial charge in [-0.1, -0.05) is 30.3 Å². The lowest BCUT2D eigenvalue weighted by Gasteiger charge is -2.12. The number of amides is 2. The molecule has 178 valence electrons. The smallest absolute Gasteiger partial charge is 0.258 e. The van der Waals surface area contributed by atoms with E-state index < -0.39 is 0 Å². The number of pyridine rings is 1. The van der Waals surface area contributed by atoms with E-state index >= 15 is 0 Å². The maximum atomic E-state index is 13.2. The van der Waals surface area contributed by atoms with Crippen LogP contribution in [0.3, 0.4) is 0 Å². The van der Waals surface area contributed by atoms with Gasteiger partial charge in [-0.25, -0.2) is 15.0 Å². The average Bonchev–Trinajstić information content (AvgIpc) is 3.33. The molecule has 3 aromatic heterocycles. The zero-order valence-electron chi connectivity index (χ0n) is 19.6. The van der Waals surface area contributed by atoms with E-state index in [4.69, 9.17) is 0 Å². The Kier molecular flexibility index (Phi) is 6.38. The maximum Gasteiger partial charge on any atom is 0.258 e. The van der Waals surface area contributed by atoms with Crippen LogP contribution in [0.5, 0.6) is 0 Å². The van der Waals surface area contributed by atoms with E-state index in [1.165, 1.54) is 17.7 Å². The van der Waals surface area contributed by atoms with Gasteiger partial charge in [0, 0.05) is 28.5 Å². The number of carbonyl (C=O) groups is 2. The van der Waals surface area contributed by atoms with Crippen LogP contribution < -0.4 is 16.0 Å². The van der Waals surface area contributed by atoms with Gasteiger partial charge in [0.2, 0.25) is 0 Å². The molecule has 0 fully saturated rings. The molecular weight excluding hydrogens is 472 g/mol. The number of fused-ring (bicyclic) bond motifs is 1. The first-order valence-corrected chi connectivity index (χ1v) is 12.1. The molecule has 3 heterocycles. The summed E-state index contributed by atoms with van der Waals surface area (Å²) in [6.45, 7) is 3.86. The molecule has 0 saturated carbocycles. The minimum Gasteiger partial charge on any atom is -0.324 e. The van der Waals surface area contributed by atoms with Gasteiger partial charge in [-0.15, -0.1) is 11.3 Å². The molecule has 5 rings (SSSR count). The molecular formula is C27H22N6O2S. The number of nitrogens with zero attached hydrogens (tertiary/aromatic N) is 3. The lowest BCUT2D eigenvalue weighted by molar-refractivity contribution is 0.102. The summed E-state index contributed by atoms with van der Waals surface area (Å²) in [6, 6.07) is 18.2. The second-order valence-corrected chi connectivity index (χ2v) is 9.08. The van der Waals surface area contributed by atoms with Crippen LogP contribution in [0.15, 0.2) is 78.6 Å². The fourth-order valence-electron chi connectivity index (χ4n) is 3.58. The van der Waals surface area contributed by atoms with E-state index in [0.29, 0.717) is 39.7 Å². The van der Waals surface area contributed by atoms with E-state index in [9.17, 15) is 9.59 Å². The van der Waals surface area contributed by atoms with Crippen molar-refractivity contribution in [3.05, 3.63) is 101 Å². The number of hydrogen-bond donors (Lipinski definition) is 3. The van der Waals surface area contributed by atoms with Gasteiger partial charge in [0.1, 0.15) is 12.1 Å². The van der Waals surface area contributed by atoms with Crippen LogP contribution >= 0.6 is 11.3 Å². The molecule has 0 saturated heterocycles. The summed E-state index contributed by atoms with van der Waals surface area (Å²) in [7, 11) is 0. The van der Waals surface area contributed by atoms with Crippen molar-refractivity contribution in [2.24, 2.45) is 0 Å². The number of nitrogens with one attached hydrogen (secondary N) is 3. The SMILES string of the molecule is Cc1ccc(Nc2ncnc3c(C(=O)Nc4cc(NC(=O)c5ccccc5)ccc4C)csc23)nc1. The molecule has 0 unspecified atom stereocenters. The zero-order valence-corrected chi connectivity index (χ0v) is 20.4. The Hall–Kier alpha value is -4.63. The molecule has 5 aromatic rings. The van der Waals surface area contributed by atoms with Gasteiger partial charge in [0.25, 0.3) is 11.8 Å². The molecule has 9 heteroatoms. The second kappa shape index (κ2) is 9.93. The molecule has 0 bridgehead atoms. The monoisotopic (exact) mass is 494 g/mol. The van der Waals surface area contributed by atoms with Crippen molar-refractivity contribution >= 4 is 56.4 Å². The summed E-state index contributed by atoms with van der Waals surface area (Å²) in [6.07, 6.45) is 3.19. The van der Waals surface area contributed by atoms with E-state index in [1.807, 2.05) is 50.2 Å². The number of aryl methyl sites for hydroxylation is 2. The van der Waals surface area contributed by atoms with Crippen LogP contribution in [0, 0.1) is 13.8 Å². The normalized spacial score (nSPS) is 10.7. The number of benzene rings is 2. The number of anilines is 4. The van der Waals surface area contributed by atoms with Crippen LogP contribution in [0.1, 0.15) is 31.8 Å². The summed E-state index contributed by atoms with van der Waals surface area (Å²) in [5.41, 5.74) is 4.65. The summed E-state index contributed by atoms with van der Waals surface area (Å²) in [5.74, 6) is 0.724. The molecule has 0 aliphatic carbocycles. The molecule has 2 amide bonds. The summed E-state index contributed by atoms with van der Waals surface area (Å²) < 4.78 is 0.755. The van der Waals surface area contributed by atoms with Crippen molar-refractivity contribution in [3.8, 4) is 0 Å². The van der Waals surface area contributed by atoms with Crippen molar-refractivity contribution in [1.82, 2.24) is 15.0 Å². The van der Waals surface area contributed by atoms with Crippen molar-refractivity contribution in [2.45, 2.75) is 13.8 Å². The summed E-state index contributed by atoms with van der Waals surface area (Å²) in [4.78, 5) is 38.8. The lowest BCUT2D eigenvalue weighted by Crippen LogP contribution is -2.14. The van der Waals surface area contributed by atoms with E-state index in [-0.39, 0.29) is 11.8 Å². The molecule has 2 aromatic carbocycles. The van der Waals surface area contributed by atoms with E-state index in [1.54, 1.807) is 35.8 Å². The first-order chi connectivity index (χ1) is 17.5. The molecule has 3 N–H and O–H groups in total. The van der Waals surface area contributed by atoms with E-state index in [0.717, 1.165) is 15.8 Å². The fraction of sp³-hybridized carbons (Fsp3) is 0.0741. The Bertz CT molecular complexity index is 1570. The molecule has 0 atom stereocenters. The minimum atomic E-state index is -0.297. The highest BCUT2D eigenvalue weighted by atomic mass is 32.1. The largest absolute Gasteiger partial charge is 0.324 e. The number of hydrogen-bond acceptors (Lipinski definition) is 7. The van der Waals surface area contributed by atoms with E-state index in [2.05, 4.69) is 30.9 Å². The number of thiophene rings is 1. The standard InChI is InChI=1S/C27H22N6O2S/c1-16-8-11-22(28-13-16)33-25-24-23(29-15-30-25)20(14-36-24)27(35)32-21-12-19(10-9-17(21)2)31-26(34)18-6-4-3-5-7-18/h3-15H,1-2H3,(H,31,34)(H,32,35)(H,28,29,30,33). The van der Waals surface area contributed by atoms with Crippen molar-refractivity contribution in [2.75, 3.05) is 16.0 Å². The number of carbonyl (C=O) groups excluding carboxylic acids is 2. The Morgan fingerprint density at radius 1 is 0.861 bits per heavy atom. The Balaban J connectivity index is 1.36. The van der Waals surface area contributed by atoms with Crippen LogP contribution in [-0.4, -0.2) is 26.8 Å². The van der Waals surface area contributed by atoms with Crippen molar-refractivity contribution < 1.29 is 9.59 Å². The number of rotatable bonds is 6. The Labute approximate surface area is 211 Å². The summed E-state index contributed by atoms with van der Waals surface area (Å²) >= 11 is 1.38. The fourth-order valence-corrected chi connectivity index (χ4v) is 4.52. The quantitative estimate of drug-likeness (QED) is 0.269. The highest BCUT2D eigenvalue weighted by Crippen LogP contribution is 2.31. The maximum absolute atomic E-state index is 13.2. The molecule has 0 radical (unpaired) electrons. The zero-order chi connectivity index (χ0) is 25.1.